The second-order valence-corrected chi connectivity index (χ2v) is 7.11. The van der Waals surface area contributed by atoms with Crippen molar-refractivity contribution in [3.8, 4) is 17.2 Å². The highest BCUT2D eigenvalue weighted by atomic mass is 35.5. The van der Waals surface area contributed by atoms with Gasteiger partial charge < -0.3 is 9.30 Å². The Kier molecular flexibility index (Phi) is 5.34. The summed E-state index contributed by atoms with van der Waals surface area (Å²) in [6.07, 6.45) is 1.52. The number of hydrogen-bond acceptors (Lipinski definition) is 4. The summed E-state index contributed by atoms with van der Waals surface area (Å²) in [6.45, 7) is 6.92. The second-order valence-electron chi connectivity index (χ2n) is 6.67. The van der Waals surface area contributed by atoms with E-state index in [9.17, 15) is 14.9 Å². The molecule has 0 aliphatic carbocycles. The van der Waals surface area contributed by atoms with Crippen molar-refractivity contribution in [2.24, 2.45) is 0 Å². The van der Waals surface area contributed by atoms with Crippen LogP contribution in [0, 0.1) is 11.3 Å². The van der Waals surface area contributed by atoms with Crippen LogP contribution in [-0.2, 0) is 9.53 Å². The van der Waals surface area contributed by atoms with Gasteiger partial charge >= 0.3 is 5.97 Å². The maximum Gasteiger partial charge on any atom is 0.329 e. The topological polar surface area (TPSA) is 72.1 Å². The summed E-state index contributed by atoms with van der Waals surface area (Å²) < 4.78 is 6.62. The van der Waals surface area contributed by atoms with Crippen molar-refractivity contribution < 1.29 is 9.53 Å². The Morgan fingerprint density at radius 2 is 1.96 bits per heavy atom. The normalized spacial score (nSPS) is 12.3. The van der Waals surface area contributed by atoms with E-state index in [-0.39, 0.29) is 5.56 Å². The monoisotopic (exact) mass is 358 g/mol. The number of carbonyl (C=O) groups excluding carboxylic acids is 1. The number of benzene rings is 1. The largest absolute Gasteiger partial charge is 0.458 e. The molecule has 0 fully saturated rings. The molecule has 0 saturated carbocycles. The number of nitriles is 1. The van der Waals surface area contributed by atoms with Gasteiger partial charge in [-0.05, 0) is 57.5 Å². The second kappa shape index (κ2) is 7.12. The van der Waals surface area contributed by atoms with Crippen LogP contribution in [-0.4, -0.2) is 16.1 Å². The van der Waals surface area contributed by atoms with Gasteiger partial charge in [0.2, 0.25) is 0 Å². The van der Waals surface area contributed by atoms with Gasteiger partial charge in [-0.1, -0.05) is 11.6 Å². The standard InChI is InChI=1S/C19H19ClN2O3/c1-12(18(24)25-19(2,3)4)22-8-7-13(9-17(22)23)16-10-15(20)6-5-14(16)11-21/h5-10,12H,1-4H3/t12-/m0/s1. The molecule has 0 saturated heterocycles. The van der Waals surface area contributed by atoms with Crippen molar-refractivity contribution in [3.63, 3.8) is 0 Å². The third kappa shape index (κ3) is 4.49. The zero-order valence-corrected chi connectivity index (χ0v) is 15.3. The van der Waals surface area contributed by atoms with Crippen LogP contribution in [0.25, 0.3) is 11.1 Å². The third-order valence-electron chi connectivity index (χ3n) is 3.53. The molecule has 1 heterocycles. The molecule has 0 N–H and O–H groups in total. The Labute approximate surface area is 151 Å². The fourth-order valence-electron chi connectivity index (χ4n) is 2.33. The van der Waals surface area contributed by atoms with E-state index in [4.69, 9.17) is 16.3 Å². The van der Waals surface area contributed by atoms with Crippen LogP contribution in [0.2, 0.25) is 5.02 Å². The van der Waals surface area contributed by atoms with E-state index < -0.39 is 17.6 Å². The van der Waals surface area contributed by atoms with Gasteiger partial charge in [-0.2, -0.15) is 5.26 Å². The molecule has 0 bridgehead atoms. The number of halogens is 1. The van der Waals surface area contributed by atoms with Gasteiger partial charge in [0.1, 0.15) is 11.6 Å². The maximum atomic E-state index is 12.4. The lowest BCUT2D eigenvalue weighted by molar-refractivity contribution is -0.158. The summed E-state index contributed by atoms with van der Waals surface area (Å²) in [7, 11) is 0. The summed E-state index contributed by atoms with van der Waals surface area (Å²) in [5, 5.41) is 9.70. The predicted octanol–water partition coefficient (Wildman–Crippen LogP) is 3.94. The van der Waals surface area contributed by atoms with Gasteiger partial charge in [-0.15, -0.1) is 0 Å². The first-order chi connectivity index (χ1) is 11.6. The summed E-state index contributed by atoms with van der Waals surface area (Å²) in [5.41, 5.74) is 0.569. The number of hydrogen-bond donors (Lipinski definition) is 0. The molecule has 0 unspecified atom stereocenters. The molecule has 6 heteroatoms. The minimum absolute atomic E-state index is 0.361. The van der Waals surface area contributed by atoms with Crippen LogP contribution in [0.5, 0.6) is 0 Å². The van der Waals surface area contributed by atoms with Crippen LogP contribution < -0.4 is 5.56 Å². The summed E-state index contributed by atoms with van der Waals surface area (Å²) in [5.74, 6) is -0.484. The summed E-state index contributed by atoms with van der Waals surface area (Å²) >= 11 is 5.99. The Morgan fingerprint density at radius 3 is 2.52 bits per heavy atom. The maximum absolute atomic E-state index is 12.4. The fraction of sp³-hybridized carbons (Fsp3) is 0.316. The van der Waals surface area contributed by atoms with E-state index in [0.717, 1.165) is 0 Å². The predicted molar refractivity (Wildman–Crippen MR) is 96.4 cm³/mol. The highest BCUT2D eigenvalue weighted by Crippen LogP contribution is 2.26. The number of aromatic nitrogens is 1. The quantitative estimate of drug-likeness (QED) is 0.779. The third-order valence-corrected chi connectivity index (χ3v) is 3.76. The SMILES string of the molecule is C[C@@H](C(=O)OC(C)(C)C)n1ccc(-c2cc(Cl)ccc2C#N)cc1=O. The lowest BCUT2D eigenvalue weighted by atomic mass is 10.0. The van der Waals surface area contributed by atoms with Crippen LogP contribution in [0.4, 0.5) is 0 Å². The van der Waals surface area contributed by atoms with Crippen molar-refractivity contribution in [1.82, 2.24) is 4.57 Å². The van der Waals surface area contributed by atoms with E-state index in [1.54, 1.807) is 52.0 Å². The van der Waals surface area contributed by atoms with Crippen molar-refractivity contribution in [1.29, 1.82) is 5.26 Å². The van der Waals surface area contributed by atoms with Crippen molar-refractivity contribution in [3.05, 3.63) is 57.5 Å². The molecule has 5 nitrogen and oxygen atoms in total. The molecule has 0 aliphatic rings. The Bertz CT molecular complexity index is 904. The smallest absolute Gasteiger partial charge is 0.329 e. The van der Waals surface area contributed by atoms with Gasteiger partial charge in [0.25, 0.3) is 5.56 Å². The molecule has 1 atom stereocenters. The van der Waals surface area contributed by atoms with Gasteiger partial charge in [-0.25, -0.2) is 4.79 Å². The van der Waals surface area contributed by atoms with Crippen LogP contribution in [0.3, 0.4) is 0 Å². The molecular weight excluding hydrogens is 340 g/mol. The first-order valence-electron chi connectivity index (χ1n) is 7.77. The first-order valence-corrected chi connectivity index (χ1v) is 8.15. The first kappa shape index (κ1) is 18.8. The number of carbonyl (C=O) groups is 1. The zero-order chi connectivity index (χ0) is 18.8. The molecule has 1 aromatic heterocycles. The number of nitrogens with zero attached hydrogens (tertiary/aromatic N) is 2. The molecule has 0 amide bonds. The van der Waals surface area contributed by atoms with Crippen LogP contribution >= 0.6 is 11.6 Å². The average molecular weight is 359 g/mol. The van der Waals surface area contributed by atoms with Gasteiger partial charge in [0.15, 0.2) is 0 Å². The minimum atomic E-state index is -0.754. The number of rotatable bonds is 3. The number of esters is 1. The van der Waals surface area contributed by atoms with Gasteiger partial charge in [-0.3, -0.25) is 4.79 Å². The lowest BCUT2D eigenvalue weighted by Crippen LogP contribution is -2.33. The molecule has 0 spiro atoms. The Balaban J connectivity index is 2.40. The van der Waals surface area contributed by atoms with Crippen molar-refractivity contribution >= 4 is 17.6 Å². The molecule has 25 heavy (non-hydrogen) atoms. The molecule has 2 rings (SSSR count). The van der Waals surface area contributed by atoms with Crippen molar-refractivity contribution in [2.45, 2.75) is 39.3 Å². The van der Waals surface area contributed by atoms with Crippen LogP contribution in [0.1, 0.15) is 39.3 Å². The number of pyridine rings is 1. The van der Waals surface area contributed by atoms with Crippen molar-refractivity contribution in [2.75, 3.05) is 0 Å². The van der Waals surface area contributed by atoms with E-state index in [1.807, 2.05) is 0 Å². The Hall–Kier alpha value is -2.58. The van der Waals surface area contributed by atoms with Gasteiger partial charge in [0, 0.05) is 22.8 Å². The fourth-order valence-corrected chi connectivity index (χ4v) is 2.50. The number of ether oxygens (including phenoxy) is 1. The molecule has 130 valence electrons. The van der Waals surface area contributed by atoms with E-state index in [2.05, 4.69) is 6.07 Å². The van der Waals surface area contributed by atoms with E-state index >= 15 is 0 Å². The minimum Gasteiger partial charge on any atom is -0.458 e. The van der Waals surface area contributed by atoms with Crippen LogP contribution in [0.15, 0.2) is 41.3 Å². The summed E-state index contributed by atoms with van der Waals surface area (Å²) in [4.78, 5) is 24.6. The summed E-state index contributed by atoms with van der Waals surface area (Å²) in [6, 6.07) is 9.24. The molecular formula is C19H19ClN2O3. The average Bonchev–Trinajstić information content (AvgIpc) is 2.52. The molecule has 1 aromatic carbocycles. The highest BCUT2D eigenvalue weighted by molar-refractivity contribution is 6.30. The van der Waals surface area contributed by atoms with E-state index in [0.29, 0.717) is 21.7 Å². The zero-order valence-electron chi connectivity index (χ0n) is 14.5. The highest BCUT2D eigenvalue weighted by Gasteiger charge is 2.23. The van der Waals surface area contributed by atoms with E-state index in [1.165, 1.54) is 16.8 Å². The molecule has 0 aliphatic heterocycles. The molecule has 2 aromatic rings. The molecule has 0 radical (unpaired) electrons. The lowest BCUT2D eigenvalue weighted by Gasteiger charge is -2.23. The Morgan fingerprint density at radius 1 is 1.28 bits per heavy atom. The van der Waals surface area contributed by atoms with Gasteiger partial charge in [0.05, 0.1) is 11.6 Å².